The summed E-state index contributed by atoms with van der Waals surface area (Å²) < 4.78 is 46.9. The Kier molecular flexibility index (Phi) is 7.68. The zero-order chi connectivity index (χ0) is 25.9. The van der Waals surface area contributed by atoms with Crippen LogP contribution in [0.15, 0.2) is 66.7 Å². The highest BCUT2D eigenvalue weighted by molar-refractivity contribution is 7.89. The minimum Gasteiger partial charge on any atom is -0.487 e. The Bertz CT molecular complexity index is 1330. The fourth-order valence-corrected chi connectivity index (χ4v) is 7.09. The highest BCUT2D eigenvalue weighted by Crippen LogP contribution is 2.41. The quantitative estimate of drug-likeness (QED) is 0.336. The van der Waals surface area contributed by atoms with Crippen LogP contribution < -0.4 is 4.74 Å². The summed E-state index contributed by atoms with van der Waals surface area (Å²) in [5.41, 5.74) is 3.68. The highest BCUT2D eigenvalue weighted by atomic mass is 32.2. The summed E-state index contributed by atoms with van der Waals surface area (Å²) in [4.78, 5) is 2.56. The van der Waals surface area contributed by atoms with Crippen LogP contribution in [0.1, 0.15) is 55.7 Å². The summed E-state index contributed by atoms with van der Waals surface area (Å²) >= 11 is 0. The summed E-state index contributed by atoms with van der Waals surface area (Å²) in [6, 6.07) is 20.0. The molecule has 1 fully saturated rings. The Morgan fingerprint density at radius 3 is 2.38 bits per heavy atom. The van der Waals surface area contributed by atoms with E-state index >= 15 is 0 Å². The van der Waals surface area contributed by atoms with Crippen molar-refractivity contribution in [2.45, 2.75) is 62.6 Å². The van der Waals surface area contributed by atoms with Crippen molar-refractivity contribution in [1.29, 1.82) is 0 Å². The lowest BCUT2D eigenvalue weighted by atomic mass is 9.82. The van der Waals surface area contributed by atoms with Gasteiger partial charge in [0.1, 0.15) is 17.2 Å². The smallest absolute Gasteiger partial charge is 0.158 e. The normalized spacial score (nSPS) is 17.4. The summed E-state index contributed by atoms with van der Waals surface area (Å²) in [5.74, 6) is 0.0419. The molecule has 0 bridgehead atoms. The molecule has 1 saturated heterocycles. The van der Waals surface area contributed by atoms with Crippen LogP contribution >= 0.6 is 0 Å². The maximum absolute atomic E-state index is 15.0. The van der Waals surface area contributed by atoms with Crippen LogP contribution in [-0.2, 0) is 27.8 Å². The van der Waals surface area contributed by atoms with E-state index < -0.39 is 15.7 Å². The van der Waals surface area contributed by atoms with Gasteiger partial charge in [-0.3, -0.25) is 0 Å². The van der Waals surface area contributed by atoms with Crippen LogP contribution in [0.25, 0.3) is 11.1 Å². The standard InChI is InChI=1S/C31H36FNO3S/c1-2-3-17-33-18-15-31(16-19-33)14-13-27-20-25(11-12-30(27)36-31)26-9-10-28(29(32)21-26)23-37(34,35)22-24-7-5-4-6-8-24/h4-12,20-21H,2-3,13-19,22-23H2,1H3. The third-order valence-corrected chi connectivity index (χ3v) is 9.35. The minimum absolute atomic E-state index is 0.0593. The first-order valence-electron chi connectivity index (χ1n) is 13.4. The average molecular weight is 522 g/mol. The number of hydrogen-bond donors (Lipinski definition) is 0. The molecule has 0 unspecified atom stereocenters. The van der Waals surface area contributed by atoms with Gasteiger partial charge in [0.25, 0.3) is 0 Å². The second-order valence-corrected chi connectivity index (χ2v) is 12.7. The van der Waals surface area contributed by atoms with Gasteiger partial charge in [-0.15, -0.1) is 0 Å². The lowest BCUT2D eigenvalue weighted by Crippen LogP contribution is -2.49. The average Bonchev–Trinajstić information content (AvgIpc) is 2.89. The first-order valence-corrected chi connectivity index (χ1v) is 15.2. The number of halogens is 1. The molecule has 0 N–H and O–H groups in total. The Morgan fingerprint density at radius 1 is 0.919 bits per heavy atom. The largest absolute Gasteiger partial charge is 0.487 e. The number of benzene rings is 3. The molecule has 2 aliphatic rings. The fourth-order valence-electron chi connectivity index (χ4n) is 5.58. The van der Waals surface area contributed by atoms with Gasteiger partial charge >= 0.3 is 0 Å². The number of aryl methyl sites for hydroxylation is 1. The summed E-state index contributed by atoms with van der Waals surface area (Å²) in [6.45, 7) is 5.61. The lowest BCUT2D eigenvalue weighted by molar-refractivity contribution is -0.0146. The van der Waals surface area contributed by atoms with E-state index in [9.17, 15) is 12.8 Å². The third-order valence-electron chi connectivity index (χ3n) is 7.82. The van der Waals surface area contributed by atoms with E-state index in [4.69, 9.17) is 4.74 Å². The van der Waals surface area contributed by atoms with Crippen molar-refractivity contribution in [3.05, 3.63) is 89.2 Å². The maximum atomic E-state index is 15.0. The summed E-state index contributed by atoms with van der Waals surface area (Å²) in [5, 5.41) is 0. The Balaban J connectivity index is 1.25. The van der Waals surface area contributed by atoms with Crippen LogP contribution in [-0.4, -0.2) is 38.6 Å². The molecule has 2 aliphatic heterocycles. The molecule has 6 heteroatoms. The van der Waals surface area contributed by atoms with Crippen molar-refractivity contribution in [3.63, 3.8) is 0 Å². The molecule has 196 valence electrons. The zero-order valence-corrected chi connectivity index (χ0v) is 22.4. The molecular weight excluding hydrogens is 485 g/mol. The van der Waals surface area contributed by atoms with E-state index in [1.165, 1.54) is 25.5 Å². The molecule has 3 aromatic carbocycles. The van der Waals surface area contributed by atoms with Crippen LogP contribution in [0.3, 0.4) is 0 Å². The molecule has 2 heterocycles. The van der Waals surface area contributed by atoms with E-state index in [-0.39, 0.29) is 22.7 Å². The van der Waals surface area contributed by atoms with Crippen molar-refractivity contribution in [3.8, 4) is 16.9 Å². The number of fused-ring (bicyclic) bond motifs is 1. The Labute approximate surface area is 220 Å². The van der Waals surface area contributed by atoms with E-state index in [0.29, 0.717) is 5.56 Å². The van der Waals surface area contributed by atoms with Gasteiger partial charge in [-0.2, -0.15) is 0 Å². The van der Waals surface area contributed by atoms with Gasteiger partial charge in [0.2, 0.25) is 0 Å². The minimum atomic E-state index is -3.48. The molecular formula is C31H36FNO3S. The van der Waals surface area contributed by atoms with Crippen molar-refractivity contribution in [2.24, 2.45) is 0 Å². The molecule has 4 nitrogen and oxygen atoms in total. The number of sulfone groups is 1. The predicted octanol–water partition coefficient (Wildman–Crippen LogP) is 6.57. The van der Waals surface area contributed by atoms with E-state index in [2.05, 4.69) is 17.9 Å². The molecule has 3 aromatic rings. The molecule has 0 radical (unpaired) electrons. The van der Waals surface area contributed by atoms with E-state index in [0.717, 1.165) is 61.2 Å². The Hall–Kier alpha value is -2.70. The van der Waals surface area contributed by atoms with Gasteiger partial charge in [-0.05, 0) is 79.1 Å². The van der Waals surface area contributed by atoms with Crippen molar-refractivity contribution < 1.29 is 17.5 Å². The molecule has 5 rings (SSSR count). The molecule has 0 aliphatic carbocycles. The van der Waals surface area contributed by atoms with Gasteiger partial charge in [0.05, 0.1) is 11.5 Å². The lowest BCUT2D eigenvalue weighted by Gasteiger charge is -2.44. The Morgan fingerprint density at radius 2 is 1.65 bits per heavy atom. The second kappa shape index (κ2) is 11.0. The summed E-state index contributed by atoms with van der Waals surface area (Å²) in [6.07, 6.45) is 6.59. The number of piperidine rings is 1. The first-order chi connectivity index (χ1) is 17.8. The molecule has 0 aromatic heterocycles. The topological polar surface area (TPSA) is 46.6 Å². The van der Waals surface area contributed by atoms with E-state index in [1.807, 2.05) is 24.3 Å². The van der Waals surface area contributed by atoms with Crippen molar-refractivity contribution in [1.82, 2.24) is 4.90 Å². The molecule has 0 saturated carbocycles. The van der Waals surface area contributed by atoms with Crippen molar-refractivity contribution >= 4 is 9.84 Å². The monoisotopic (exact) mass is 521 g/mol. The summed E-state index contributed by atoms with van der Waals surface area (Å²) in [7, 11) is -3.48. The van der Waals surface area contributed by atoms with Gasteiger partial charge in [0.15, 0.2) is 9.84 Å². The first kappa shape index (κ1) is 25.9. The van der Waals surface area contributed by atoms with E-state index in [1.54, 1.807) is 30.3 Å². The molecule has 0 amide bonds. The van der Waals surface area contributed by atoms with Crippen LogP contribution in [0.2, 0.25) is 0 Å². The molecule has 37 heavy (non-hydrogen) atoms. The number of hydrogen-bond acceptors (Lipinski definition) is 4. The highest BCUT2D eigenvalue weighted by Gasteiger charge is 2.39. The van der Waals surface area contributed by atoms with Gasteiger partial charge in [-0.1, -0.05) is 61.9 Å². The van der Waals surface area contributed by atoms with Gasteiger partial charge in [-0.25, -0.2) is 12.8 Å². The maximum Gasteiger partial charge on any atom is 0.158 e. The second-order valence-electron chi connectivity index (χ2n) is 10.6. The fraction of sp³-hybridized carbons (Fsp3) is 0.419. The number of ether oxygens (including phenoxy) is 1. The van der Waals surface area contributed by atoms with Crippen LogP contribution in [0.4, 0.5) is 4.39 Å². The SMILES string of the molecule is CCCCN1CCC2(CCc3cc(-c4ccc(CS(=O)(=O)Cc5ccccc5)c(F)c4)ccc3O2)CC1. The number of likely N-dealkylation sites (tertiary alicyclic amines) is 1. The van der Waals surface area contributed by atoms with Crippen LogP contribution in [0, 0.1) is 5.82 Å². The van der Waals surface area contributed by atoms with Gasteiger partial charge in [0, 0.05) is 18.7 Å². The third kappa shape index (κ3) is 6.24. The predicted molar refractivity (Wildman–Crippen MR) is 147 cm³/mol. The number of nitrogens with zero attached hydrogens (tertiary/aromatic N) is 1. The van der Waals surface area contributed by atoms with Crippen molar-refractivity contribution in [2.75, 3.05) is 19.6 Å². The number of unbranched alkanes of at least 4 members (excludes halogenated alkanes) is 1. The van der Waals surface area contributed by atoms with Gasteiger partial charge < -0.3 is 9.64 Å². The number of rotatable bonds is 8. The molecule has 0 atom stereocenters. The van der Waals surface area contributed by atoms with Crippen LogP contribution in [0.5, 0.6) is 5.75 Å². The zero-order valence-electron chi connectivity index (χ0n) is 21.6. The molecule has 1 spiro atoms.